The van der Waals surface area contributed by atoms with Crippen molar-refractivity contribution in [1.29, 1.82) is 0 Å². The lowest BCUT2D eigenvalue weighted by Gasteiger charge is -2.35. The molecule has 142 valence electrons. The minimum atomic E-state index is -4.54. The first kappa shape index (κ1) is 19.7. The van der Waals surface area contributed by atoms with Crippen molar-refractivity contribution in [1.82, 2.24) is 19.6 Å². The number of hydrogen-bond acceptors (Lipinski definition) is 5. The van der Waals surface area contributed by atoms with Gasteiger partial charge in [-0.3, -0.25) is 14.4 Å². The molecular formula is C14H21F3N4O3S. The van der Waals surface area contributed by atoms with E-state index in [0.29, 0.717) is 32.7 Å². The Balaban J connectivity index is 1.90. The SMILES string of the molecule is CC(C(=O)N1CCN(CCS(C)(=O)=O)CC1)n1ccc(C(F)(F)F)n1. The molecule has 1 aromatic heterocycles. The van der Waals surface area contributed by atoms with Crippen LogP contribution in [-0.2, 0) is 20.8 Å². The summed E-state index contributed by atoms with van der Waals surface area (Å²) in [5, 5.41) is 3.44. The van der Waals surface area contributed by atoms with Crippen LogP contribution < -0.4 is 0 Å². The van der Waals surface area contributed by atoms with E-state index in [1.165, 1.54) is 13.2 Å². The normalized spacial score (nSPS) is 18.4. The Morgan fingerprint density at radius 2 is 1.88 bits per heavy atom. The van der Waals surface area contributed by atoms with Gasteiger partial charge in [0, 0.05) is 45.2 Å². The first-order chi connectivity index (χ1) is 11.5. The molecule has 1 aliphatic heterocycles. The molecule has 0 spiro atoms. The lowest BCUT2D eigenvalue weighted by atomic mass is 10.2. The summed E-state index contributed by atoms with van der Waals surface area (Å²) in [6.45, 7) is 3.78. The van der Waals surface area contributed by atoms with Crippen molar-refractivity contribution in [3.05, 3.63) is 18.0 Å². The molecule has 1 aromatic rings. The van der Waals surface area contributed by atoms with E-state index in [1.807, 2.05) is 4.90 Å². The van der Waals surface area contributed by atoms with E-state index < -0.39 is 27.7 Å². The van der Waals surface area contributed by atoms with Crippen molar-refractivity contribution < 1.29 is 26.4 Å². The number of carbonyl (C=O) groups is 1. The molecule has 1 fully saturated rings. The molecule has 0 aliphatic carbocycles. The van der Waals surface area contributed by atoms with Crippen molar-refractivity contribution in [2.24, 2.45) is 0 Å². The lowest BCUT2D eigenvalue weighted by Crippen LogP contribution is -2.51. The molecule has 1 amide bonds. The minimum absolute atomic E-state index is 0.0604. The molecule has 1 unspecified atom stereocenters. The molecule has 1 aliphatic rings. The van der Waals surface area contributed by atoms with Gasteiger partial charge >= 0.3 is 6.18 Å². The third-order valence-electron chi connectivity index (χ3n) is 4.12. The van der Waals surface area contributed by atoms with E-state index in [4.69, 9.17) is 0 Å². The topological polar surface area (TPSA) is 75.5 Å². The molecule has 1 saturated heterocycles. The van der Waals surface area contributed by atoms with Gasteiger partial charge in [-0.1, -0.05) is 0 Å². The van der Waals surface area contributed by atoms with Gasteiger partial charge < -0.3 is 4.90 Å². The van der Waals surface area contributed by atoms with E-state index in [9.17, 15) is 26.4 Å². The predicted octanol–water partition coefficient (Wildman–Crippen LogP) is 0.652. The number of piperazine rings is 1. The number of aromatic nitrogens is 2. The van der Waals surface area contributed by atoms with Crippen LogP contribution in [0.1, 0.15) is 18.7 Å². The molecule has 0 bridgehead atoms. The molecule has 2 rings (SSSR count). The Bertz CT molecular complexity index is 709. The van der Waals surface area contributed by atoms with Crippen molar-refractivity contribution >= 4 is 15.7 Å². The zero-order chi connectivity index (χ0) is 18.8. The summed E-state index contributed by atoms with van der Waals surface area (Å²) in [5.74, 6) is -0.246. The van der Waals surface area contributed by atoms with Gasteiger partial charge in [0.2, 0.25) is 5.91 Å². The van der Waals surface area contributed by atoms with E-state index in [-0.39, 0.29) is 11.7 Å². The van der Waals surface area contributed by atoms with Gasteiger partial charge in [-0.15, -0.1) is 0 Å². The highest BCUT2D eigenvalue weighted by molar-refractivity contribution is 7.90. The van der Waals surface area contributed by atoms with Crippen molar-refractivity contribution in [3.8, 4) is 0 Å². The summed E-state index contributed by atoms with van der Waals surface area (Å²) in [7, 11) is -3.04. The fourth-order valence-corrected chi connectivity index (χ4v) is 3.16. The van der Waals surface area contributed by atoms with E-state index in [2.05, 4.69) is 5.10 Å². The quantitative estimate of drug-likeness (QED) is 0.748. The smallest absolute Gasteiger partial charge is 0.338 e. The first-order valence-corrected chi connectivity index (χ1v) is 9.84. The maximum absolute atomic E-state index is 12.6. The monoisotopic (exact) mass is 382 g/mol. The molecule has 0 N–H and O–H groups in total. The maximum Gasteiger partial charge on any atom is 0.435 e. The van der Waals surface area contributed by atoms with E-state index in [1.54, 1.807) is 4.90 Å². The average molecular weight is 382 g/mol. The van der Waals surface area contributed by atoms with Crippen molar-refractivity contribution in [2.45, 2.75) is 19.1 Å². The van der Waals surface area contributed by atoms with Gasteiger partial charge in [0.25, 0.3) is 0 Å². The van der Waals surface area contributed by atoms with Gasteiger partial charge in [-0.05, 0) is 13.0 Å². The Hall–Kier alpha value is -1.62. The van der Waals surface area contributed by atoms with Crippen LogP contribution in [0.4, 0.5) is 13.2 Å². The summed E-state index contributed by atoms with van der Waals surface area (Å²) in [5.41, 5.74) is -1.03. The van der Waals surface area contributed by atoms with Gasteiger partial charge in [-0.25, -0.2) is 8.42 Å². The number of sulfone groups is 1. The Labute approximate surface area is 144 Å². The standard InChI is InChI=1S/C14H21F3N4O3S/c1-11(21-4-3-12(18-21)14(15,16)17)13(22)20-7-5-19(6-8-20)9-10-25(2,23)24/h3-4,11H,5-10H2,1-2H3. The second kappa shape index (κ2) is 7.32. The summed E-state index contributed by atoms with van der Waals surface area (Å²) in [6.07, 6.45) is -2.22. The number of halogens is 3. The predicted molar refractivity (Wildman–Crippen MR) is 84.7 cm³/mol. The molecular weight excluding hydrogens is 361 g/mol. The molecule has 0 saturated carbocycles. The Morgan fingerprint density at radius 3 is 2.36 bits per heavy atom. The number of nitrogens with zero attached hydrogens (tertiary/aromatic N) is 4. The molecule has 7 nitrogen and oxygen atoms in total. The Morgan fingerprint density at radius 1 is 1.28 bits per heavy atom. The van der Waals surface area contributed by atoms with Gasteiger partial charge in [0.1, 0.15) is 15.9 Å². The fourth-order valence-electron chi connectivity index (χ4n) is 2.57. The number of amides is 1. The highest BCUT2D eigenvalue weighted by Gasteiger charge is 2.35. The minimum Gasteiger partial charge on any atom is -0.338 e. The molecule has 1 atom stereocenters. The molecule has 25 heavy (non-hydrogen) atoms. The van der Waals surface area contributed by atoms with Crippen LogP contribution in [0.2, 0.25) is 0 Å². The number of carbonyl (C=O) groups excluding carboxylic acids is 1. The summed E-state index contributed by atoms with van der Waals surface area (Å²) in [4.78, 5) is 16.0. The zero-order valence-electron chi connectivity index (χ0n) is 14.0. The van der Waals surface area contributed by atoms with Crippen LogP contribution in [0, 0.1) is 0 Å². The number of alkyl halides is 3. The first-order valence-electron chi connectivity index (χ1n) is 7.78. The number of hydrogen-bond donors (Lipinski definition) is 0. The summed E-state index contributed by atoms with van der Waals surface area (Å²) < 4.78 is 61.2. The van der Waals surface area contributed by atoms with Gasteiger partial charge in [0.15, 0.2) is 5.69 Å². The van der Waals surface area contributed by atoms with Crippen LogP contribution in [0.3, 0.4) is 0 Å². The van der Waals surface area contributed by atoms with Crippen molar-refractivity contribution in [2.75, 3.05) is 44.7 Å². The second-order valence-electron chi connectivity index (χ2n) is 6.15. The van der Waals surface area contributed by atoms with Crippen molar-refractivity contribution in [3.63, 3.8) is 0 Å². The van der Waals surface area contributed by atoms with Gasteiger partial charge in [-0.2, -0.15) is 18.3 Å². The fraction of sp³-hybridized carbons (Fsp3) is 0.714. The van der Waals surface area contributed by atoms with E-state index in [0.717, 1.165) is 16.9 Å². The molecule has 11 heteroatoms. The highest BCUT2D eigenvalue weighted by atomic mass is 32.2. The Kier molecular flexibility index (Phi) is 5.77. The zero-order valence-corrected chi connectivity index (χ0v) is 14.8. The van der Waals surface area contributed by atoms with Crippen LogP contribution in [-0.4, -0.2) is 78.6 Å². The van der Waals surface area contributed by atoms with E-state index >= 15 is 0 Å². The number of rotatable bonds is 5. The van der Waals surface area contributed by atoms with Crippen LogP contribution in [0.5, 0.6) is 0 Å². The summed E-state index contributed by atoms with van der Waals surface area (Å²) in [6, 6.07) is 0.00562. The average Bonchev–Trinajstić information content (AvgIpc) is 3.01. The molecule has 0 aromatic carbocycles. The second-order valence-corrected chi connectivity index (χ2v) is 8.41. The van der Waals surface area contributed by atoms with Crippen LogP contribution in [0.25, 0.3) is 0 Å². The highest BCUT2D eigenvalue weighted by Crippen LogP contribution is 2.28. The molecule has 2 heterocycles. The maximum atomic E-state index is 12.6. The molecule has 0 radical (unpaired) electrons. The van der Waals surface area contributed by atoms with Crippen LogP contribution in [0.15, 0.2) is 12.3 Å². The summed E-state index contributed by atoms with van der Waals surface area (Å²) >= 11 is 0. The van der Waals surface area contributed by atoms with Crippen LogP contribution >= 0.6 is 0 Å². The third kappa shape index (κ3) is 5.43. The van der Waals surface area contributed by atoms with Gasteiger partial charge in [0.05, 0.1) is 5.75 Å². The lowest BCUT2D eigenvalue weighted by molar-refractivity contribution is -0.143. The third-order valence-corrected chi connectivity index (χ3v) is 5.04. The largest absolute Gasteiger partial charge is 0.435 e.